The minimum absolute atomic E-state index is 0.0910. The Morgan fingerprint density at radius 1 is 0.968 bits per heavy atom. The second kappa shape index (κ2) is 7.72. The number of nitrogens with zero attached hydrogens (tertiary/aromatic N) is 2. The second-order valence-corrected chi connectivity index (χ2v) is 9.30. The van der Waals surface area contributed by atoms with Crippen molar-refractivity contribution in [3.05, 3.63) is 54.3 Å². The molecule has 1 N–H and O–H groups in total. The molecule has 4 fully saturated rings. The van der Waals surface area contributed by atoms with Gasteiger partial charge in [0.2, 0.25) is 0 Å². The SMILES string of the molecule is O=C(NC1CN2CCC1CC2)c1cc2cccc(-c3cccc(N4CCCC4)c3)c2o1. The lowest BCUT2D eigenvalue weighted by Crippen LogP contribution is -2.57. The fourth-order valence-corrected chi connectivity index (χ4v) is 5.62. The van der Waals surface area contributed by atoms with E-state index >= 15 is 0 Å². The molecular formula is C26H29N3O2. The highest BCUT2D eigenvalue weighted by molar-refractivity contribution is 6.00. The average Bonchev–Trinajstić information content (AvgIpc) is 3.50. The molecule has 5 heterocycles. The summed E-state index contributed by atoms with van der Waals surface area (Å²) in [5.74, 6) is 0.920. The Hall–Kier alpha value is -2.79. The molecule has 1 amide bonds. The average molecular weight is 416 g/mol. The number of anilines is 1. The van der Waals surface area contributed by atoms with E-state index in [-0.39, 0.29) is 11.9 Å². The third kappa shape index (κ3) is 3.51. The van der Waals surface area contributed by atoms with Crippen LogP contribution in [0.15, 0.2) is 52.9 Å². The Balaban J connectivity index is 1.29. The summed E-state index contributed by atoms with van der Waals surface area (Å²) >= 11 is 0. The number of fused-ring (bicyclic) bond motifs is 4. The number of carbonyl (C=O) groups is 1. The number of hydrogen-bond donors (Lipinski definition) is 1. The molecule has 7 rings (SSSR count). The Morgan fingerprint density at radius 3 is 2.55 bits per heavy atom. The Morgan fingerprint density at radius 2 is 1.77 bits per heavy atom. The molecule has 160 valence electrons. The molecule has 1 atom stereocenters. The third-order valence-corrected chi connectivity index (χ3v) is 7.37. The number of nitrogens with one attached hydrogen (secondary N) is 1. The van der Waals surface area contributed by atoms with E-state index in [2.05, 4.69) is 45.4 Å². The Kier molecular flexibility index (Phi) is 4.72. The lowest BCUT2D eigenvalue weighted by Gasteiger charge is -2.44. The van der Waals surface area contributed by atoms with Crippen LogP contribution in [0.2, 0.25) is 0 Å². The molecule has 5 nitrogen and oxygen atoms in total. The van der Waals surface area contributed by atoms with Crippen molar-refractivity contribution in [1.29, 1.82) is 0 Å². The largest absolute Gasteiger partial charge is 0.450 e. The molecule has 4 saturated heterocycles. The van der Waals surface area contributed by atoms with Crippen molar-refractivity contribution in [2.45, 2.75) is 31.7 Å². The molecule has 2 bridgehead atoms. The molecule has 0 aliphatic carbocycles. The standard InChI is InChI=1S/C26H29N3O2/c30-26(27-23-17-28-13-9-18(23)10-14-28)24-16-20-6-4-8-22(25(20)31-24)19-5-3-7-21(15-19)29-11-1-2-12-29/h3-8,15-16,18,23H,1-2,9-14,17H2,(H,27,30). The highest BCUT2D eigenvalue weighted by Gasteiger charge is 2.35. The zero-order valence-electron chi connectivity index (χ0n) is 17.8. The summed E-state index contributed by atoms with van der Waals surface area (Å²) in [6.07, 6.45) is 4.89. The molecule has 1 unspecified atom stereocenters. The maximum atomic E-state index is 13.0. The quantitative estimate of drug-likeness (QED) is 0.680. The summed E-state index contributed by atoms with van der Waals surface area (Å²) in [6.45, 7) is 5.55. The maximum absolute atomic E-state index is 13.0. The van der Waals surface area contributed by atoms with E-state index < -0.39 is 0 Å². The van der Waals surface area contributed by atoms with Gasteiger partial charge in [-0.25, -0.2) is 0 Å². The zero-order valence-corrected chi connectivity index (χ0v) is 17.8. The van der Waals surface area contributed by atoms with Crippen LogP contribution in [0.3, 0.4) is 0 Å². The van der Waals surface area contributed by atoms with Crippen LogP contribution in [0, 0.1) is 5.92 Å². The maximum Gasteiger partial charge on any atom is 0.287 e. The van der Waals surface area contributed by atoms with Gasteiger partial charge in [0.15, 0.2) is 5.76 Å². The second-order valence-electron chi connectivity index (χ2n) is 9.30. The van der Waals surface area contributed by atoms with E-state index in [1.165, 1.54) is 44.5 Å². The fraction of sp³-hybridized carbons (Fsp3) is 0.423. The summed E-state index contributed by atoms with van der Waals surface area (Å²) in [5, 5.41) is 4.23. The molecule has 1 aromatic heterocycles. The topological polar surface area (TPSA) is 48.7 Å². The number of hydrogen-bond acceptors (Lipinski definition) is 4. The highest BCUT2D eigenvalue weighted by Crippen LogP contribution is 2.34. The number of carbonyl (C=O) groups excluding carboxylic acids is 1. The summed E-state index contributed by atoms with van der Waals surface area (Å²) in [6, 6.07) is 17.0. The van der Waals surface area contributed by atoms with Crippen LogP contribution in [0.5, 0.6) is 0 Å². The summed E-state index contributed by atoms with van der Waals surface area (Å²) in [5.41, 5.74) is 4.23. The number of amides is 1. The van der Waals surface area contributed by atoms with Crippen molar-refractivity contribution in [2.75, 3.05) is 37.6 Å². The number of furan rings is 1. The van der Waals surface area contributed by atoms with Crippen molar-refractivity contribution in [2.24, 2.45) is 5.92 Å². The van der Waals surface area contributed by atoms with Gasteiger partial charge in [-0.15, -0.1) is 0 Å². The number of piperidine rings is 3. The molecule has 3 aromatic rings. The monoisotopic (exact) mass is 415 g/mol. The van der Waals surface area contributed by atoms with Crippen LogP contribution in [-0.4, -0.2) is 49.6 Å². The number of para-hydroxylation sites is 1. The first-order valence-electron chi connectivity index (χ1n) is 11.7. The van der Waals surface area contributed by atoms with Crippen LogP contribution in [0.1, 0.15) is 36.2 Å². The van der Waals surface area contributed by atoms with Crippen LogP contribution in [0.25, 0.3) is 22.1 Å². The normalized spacial score (nSPS) is 25.3. The molecule has 0 spiro atoms. The van der Waals surface area contributed by atoms with Crippen LogP contribution >= 0.6 is 0 Å². The van der Waals surface area contributed by atoms with Crippen molar-refractivity contribution >= 4 is 22.6 Å². The molecular weight excluding hydrogens is 386 g/mol. The number of rotatable bonds is 4. The molecule has 0 saturated carbocycles. The zero-order chi connectivity index (χ0) is 20.8. The smallest absolute Gasteiger partial charge is 0.287 e. The summed E-state index contributed by atoms with van der Waals surface area (Å²) < 4.78 is 6.16. The van der Waals surface area contributed by atoms with E-state index in [1.54, 1.807) is 0 Å². The van der Waals surface area contributed by atoms with Crippen molar-refractivity contribution in [1.82, 2.24) is 10.2 Å². The van der Waals surface area contributed by atoms with Gasteiger partial charge in [-0.1, -0.05) is 30.3 Å². The molecule has 31 heavy (non-hydrogen) atoms. The minimum atomic E-state index is -0.0910. The third-order valence-electron chi connectivity index (χ3n) is 7.37. The first kappa shape index (κ1) is 18.9. The minimum Gasteiger partial charge on any atom is -0.450 e. The Bertz CT molecular complexity index is 1110. The van der Waals surface area contributed by atoms with E-state index in [9.17, 15) is 4.79 Å². The predicted octanol–water partition coefficient (Wildman–Crippen LogP) is 4.52. The molecule has 4 aliphatic rings. The molecule has 0 radical (unpaired) electrons. The van der Waals surface area contributed by atoms with Gasteiger partial charge in [-0.2, -0.15) is 0 Å². The summed E-state index contributed by atoms with van der Waals surface area (Å²) in [4.78, 5) is 17.9. The van der Waals surface area contributed by atoms with Gasteiger partial charge in [-0.3, -0.25) is 4.79 Å². The predicted molar refractivity (Wildman–Crippen MR) is 124 cm³/mol. The molecule has 2 aromatic carbocycles. The van der Waals surface area contributed by atoms with Crippen LogP contribution in [-0.2, 0) is 0 Å². The lowest BCUT2D eigenvalue weighted by molar-refractivity contribution is 0.0607. The van der Waals surface area contributed by atoms with Gasteiger partial charge < -0.3 is 19.5 Å². The van der Waals surface area contributed by atoms with E-state index in [0.717, 1.165) is 41.7 Å². The van der Waals surface area contributed by atoms with Gasteiger partial charge in [0.05, 0.1) is 0 Å². The van der Waals surface area contributed by atoms with Crippen molar-refractivity contribution < 1.29 is 9.21 Å². The summed E-state index contributed by atoms with van der Waals surface area (Å²) in [7, 11) is 0. The first-order valence-corrected chi connectivity index (χ1v) is 11.7. The van der Waals surface area contributed by atoms with E-state index in [4.69, 9.17) is 4.42 Å². The van der Waals surface area contributed by atoms with Gasteiger partial charge >= 0.3 is 0 Å². The van der Waals surface area contributed by atoms with Crippen LogP contribution < -0.4 is 10.2 Å². The molecule has 5 heteroatoms. The van der Waals surface area contributed by atoms with Gasteiger partial charge in [0, 0.05) is 42.3 Å². The highest BCUT2D eigenvalue weighted by atomic mass is 16.3. The van der Waals surface area contributed by atoms with Gasteiger partial charge in [0.1, 0.15) is 5.58 Å². The lowest BCUT2D eigenvalue weighted by atomic mass is 9.84. The van der Waals surface area contributed by atoms with E-state index in [1.807, 2.05) is 18.2 Å². The van der Waals surface area contributed by atoms with E-state index in [0.29, 0.717) is 11.7 Å². The first-order chi connectivity index (χ1) is 15.2. The van der Waals surface area contributed by atoms with Crippen molar-refractivity contribution in [3.8, 4) is 11.1 Å². The van der Waals surface area contributed by atoms with Crippen molar-refractivity contribution in [3.63, 3.8) is 0 Å². The fourth-order valence-electron chi connectivity index (χ4n) is 5.62. The molecule has 4 aliphatic heterocycles. The van der Waals surface area contributed by atoms with Gasteiger partial charge in [-0.05, 0) is 68.5 Å². The van der Waals surface area contributed by atoms with Crippen LogP contribution in [0.4, 0.5) is 5.69 Å². The Labute approximate surface area is 183 Å². The number of benzene rings is 2. The van der Waals surface area contributed by atoms with Gasteiger partial charge in [0.25, 0.3) is 5.91 Å².